The van der Waals surface area contributed by atoms with E-state index in [1.165, 1.54) is 12.5 Å². The largest absolute Gasteiger partial charge is 0.433 e. The average molecular weight is 394 g/mol. The van der Waals surface area contributed by atoms with Crippen molar-refractivity contribution in [1.29, 1.82) is 0 Å². The van der Waals surface area contributed by atoms with Crippen LogP contribution in [0.3, 0.4) is 0 Å². The first-order valence-electron chi connectivity index (χ1n) is 9.53. The van der Waals surface area contributed by atoms with Crippen LogP contribution in [0.25, 0.3) is 0 Å². The summed E-state index contributed by atoms with van der Waals surface area (Å²) in [5, 5.41) is 6.04. The first kappa shape index (κ1) is 20.3. The van der Waals surface area contributed by atoms with E-state index in [0.717, 1.165) is 31.5 Å². The predicted molar refractivity (Wildman–Crippen MR) is 101 cm³/mol. The number of anilines is 3. The summed E-state index contributed by atoms with van der Waals surface area (Å²) in [5.41, 5.74) is -0.736. The molecule has 1 fully saturated rings. The zero-order valence-corrected chi connectivity index (χ0v) is 16.2. The number of aromatic nitrogens is 4. The van der Waals surface area contributed by atoms with E-state index in [2.05, 4.69) is 37.5 Å². The molecule has 0 radical (unpaired) electrons. The lowest BCUT2D eigenvalue weighted by molar-refractivity contribution is -0.141. The molecule has 0 bridgehead atoms. The van der Waals surface area contributed by atoms with Crippen LogP contribution in [-0.2, 0) is 6.18 Å². The van der Waals surface area contributed by atoms with E-state index in [1.807, 2.05) is 13.8 Å². The SMILES string of the molecule is CC1CCCC(c2nc(Nc3ccnc(C(F)(F)F)c3)nc(NC(C)C)n2)C1. The Morgan fingerprint density at radius 2 is 1.86 bits per heavy atom. The summed E-state index contributed by atoms with van der Waals surface area (Å²) in [6.07, 6.45) is 0.919. The number of alkyl halides is 3. The summed E-state index contributed by atoms with van der Waals surface area (Å²) >= 11 is 0. The zero-order chi connectivity index (χ0) is 20.3. The predicted octanol–water partition coefficient (Wildman–Crippen LogP) is 5.14. The van der Waals surface area contributed by atoms with Gasteiger partial charge in [0.05, 0.1) is 0 Å². The number of hydrogen-bond donors (Lipinski definition) is 2. The molecule has 28 heavy (non-hydrogen) atoms. The molecule has 2 aromatic heterocycles. The Balaban J connectivity index is 1.90. The fraction of sp³-hybridized carbons (Fsp3) is 0.579. The molecule has 1 aliphatic carbocycles. The maximum atomic E-state index is 12.9. The quantitative estimate of drug-likeness (QED) is 0.731. The number of pyridine rings is 1. The van der Waals surface area contributed by atoms with Gasteiger partial charge in [-0.15, -0.1) is 0 Å². The highest BCUT2D eigenvalue weighted by atomic mass is 19.4. The lowest BCUT2D eigenvalue weighted by Crippen LogP contribution is -2.19. The molecule has 2 aromatic rings. The fourth-order valence-corrected chi connectivity index (χ4v) is 3.41. The molecule has 2 unspecified atom stereocenters. The molecule has 2 N–H and O–H groups in total. The second-order valence-electron chi connectivity index (χ2n) is 7.66. The molecular formula is C19H25F3N6. The van der Waals surface area contributed by atoms with Crippen LogP contribution in [0.4, 0.5) is 30.8 Å². The molecule has 0 saturated heterocycles. The van der Waals surface area contributed by atoms with Crippen LogP contribution in [0.2, 0.25) is 0 Å². The van der Waals surface area contributed by atoms with E-state index in [1.54, 1.807) is 0 Å². The van der Waals surface area contributed by atoms with Gasteiger partial charge in [0.2, 0.25) is 11.9 Å². The van der Waals surface area contributed by atoms with E-state index in [9.17, 15) is 13.2 Å². The first-order valence-corrected chi connectivity index (χ1v) is 9.53. The summed E-state index contributed by atoms with van der Waals surface area (Å²) in [7, 11) is 0. The third kappa shape index (κ3) is 5.30. The molecule has 6 nitrogen and oxygen atoms in total. The standard InChI is InChI=1S/C19H25F3N6/c1-11(2)24-17-26-16(13-6-4-5-12(3)9-13)27-18(28-17)25-14-7-8-23-15(10-14)19(20,21)22/h7-8,10-13H,4-6,9H2,1-3H3,(H2,23,24,25,26,27,28). The maximum Gasteiger partial charge on any atom is 0.433 e. The van der Waals surface area contributed by atoms with Gasteiger partial charge in [0.25, 0.3) is 0 Å². The van der Waals surface area contributed by atoms with Gasteiger partial charge in [0.1, 0.15) is 11.5 Å². The Morgan fingerprint density at radius 1 is 1.11 bits per heavy atom. The number of halogens is 3. The van der Waals surface area contributed by atoms with E-state index in [0.29, 0.717) is 17.7 Å². The third-order valence-corrected chi connectivity index (χ3v) is 4.68. The monoisotopic (exact) mass is 394 g/mol. The molecule has 0 spiro atoms. The molecule has 2 atom stereocenters. The molecule has 3 rings (SSSR count). The van der Waals surface area contributed by atoms with E-state index in [-0.39, 0.29) is 23.6 Å². The molecule has 0 aliphatic heterocycles. The van der Waals surface area contributed by atoms with Crippen molar-refractivity contribution >= 4 is 17.6 Å². The van der Waals surface area contributed by atoms with E-state index >= 15 is 0 Å². The summed E-state index contributed by atoms with van der Waals surface area (Å²) in [5.74, 6) is 2.15. The van der Waals surface area contributed by atoms with Crippen molar-refractivity contribution in [3.8, 4) is 0 Å². The van der Waals surface area contributed by atoms with Crippen LogP contribution in [0.1, 0.15) is 63.9 Å². The van der Waals surface area contributed by atoms with Crippen LogP contribution < -0.4 is 10.6 Å². The molecule has 1 saturated carbocycles. The van der Waals surface area contributed by atoms with Crippen LogP contribution in [-0.4, -0.2) is 26.0 Å². The van der Waals surface area contributed by atoms with Gasteiger partial charge in [-0.05, 0) is 44.7 Å². The number of nitrogens with zero attached hydrogens (tertiary/aromatic N) is 4. The lowest BCUT2D eigenvalue weighted by Gasteiger charge is -2.26. The molecule has 9 heteroatoms. The van der Waals surface area contributed by atoms with Gasteiger partial charge in [0.15, 0.2) is 0 Å². The first-order chi connectivity index (χ1) is 13.2. The van der Waals surface area contributed by atoms with Gasteiger partial charge < -0.3 is 10.6 Å². The van der Waals surface area contributed by atoms with Gasteiger partial charge in [-0.1, -0.05) is 19.8 Å². The highest BCUT2D eigenvalue weighted by Crippen LogP contribution is 2.35. The topological polar surface area (TPSA) is 75.6 Å². The van der Waals surface area contributed by atoms with E-state index in [4.69, 9.17) is 0 Å². The van der Waals surface area contributed by atoms with Crippen LogP contribution in [0.15, 0.2) is 18.3 Å². The Hall–Kier alpha value is -2.45. The molecule has 152 valence electrons. The lowest BCUT2D eigenvalue weighted by atomic mass is 9.82. The summed E-state index contributed by atoms with van der Waals surface area (Å²) < 4.78 is 38.7. The van der Waals surface area contributed by atoms with Crippen molar-refractivity contribution < 1.29 is 13.2 Å². The fourth-order valence-electron chi connectivity index (χ4n) is 3.41. The van der Waals surface area contributed by atoms with Crippen molar-refractivity contribution in [3.63, 3.8) is 0 Å². The van der Waals surface area contributed by atoms with Crippen LogP contribution in [0, 0.1) is 5.92 Å². The normalized spacial score (nSPS) is 20.2. The van der Waals surface area contributed by atoms with Gasteiger partial charge in [0, 0.05) is 23.8 Å². The minimum Gasteiger partial charge on any atom is -0.352 e. The zero-order valence-electron chi connectivity index (χ0n) is 16.2. The van der Waals surface area contributed by atoms with Gasteiger partial charge >= 0.3 is 6.18 Å². The maximum absolute atomic E-state index is 12.9. The summed E-state index contributed by atoms with van der Waals surface area (Å²) in [6.45, 7) is 6.16. The van der Waals surface area contributed by atoms with Crippen molar-refractivity contribution in [1.82, 2.24) is 19.9 Å². The second-order valence-corrected chi connectivity index (χ2v) is 7.66. The number of rotatable bonds is 5. The molecular weight excluding hydrogens is 369 g/mol. The molecule has 1 aliphatic rings. The van der Waals surface area contributed by atoms with Crippen LogP contribution in [0.5, 0.6) is 0 Å². The summed E-state index contributed by atoms with van der Waals surface area (Å²) in [6, 6.07) is 2.52. The number of hydrogen-bond acceptors (Lipinski definition) is 6. The van der Waals surface area contributed by atoms with Gasteiger partial charge in [-0.2, -0.15) is 28.1 Å². The molecule has 0 amide bonds. The smallest absolute Gasteiger partial charge is 0.352 e. The van der Waals surface area contributed by atoms with Gasteiger partial charge in [-0.25, -0.2) is 0 Å². The second kappa shape index (κ2) is 8.28. The number of nitrogens with one attached hydrogen (secondary N) is 2. The van der Waals surface area contributed by atoms with Crippen LogP contribution >= 0.6 is 0 Å². The van der Waals surface area contributed by atoms with Crippen molar-refractivity contribution in [2.75, 3.05) is 10.6 Å². The minimum atomic E-state index is -4.51. The Bertz CT molecular complexity index is 808. The van der Waals surface area contributed by atoms with Gasteiger partial charge in [-0.3, -0.25) is 4.98 Å². The highest BCUT2D eigenvalue weighted by Gasteiger charge is 2.32. The molecule has 2 heterocycles. The Kier molecular flexibility index (Phi) is 6.00. The average Bonchev–Trinajstić information content (AvgIpc) is 2.60. The van der Waals surface area contributed by atoms with Crippen molar-refractivity contribution in [2.45, 2.75) is 64.6 Å². The van der Waals surface area contributed by atoms with E-state index < -0.39 is 11.9 Å². The third-order valence-electron chi connectivity index (χ3n) is 4.68. The summed E-state index contributed by atoms with van der Waals surface area (Å²) in [4.78, 5) is 16.8. The molecule has 0 aromatic carbocycles. The highest BCUT2D eigenvalue weighted by molar-refractivity contribution is 5.54. The Morgan fingerprint density at radius 3 is 2.54 bits per heavy atom. The van der Waals surface area contributed by atoms with Crippen molar-refractivity contribution in [2.24, 2.45) is 5.92 Å². The Labute approximate surface area is 162 Å². The minimum absolute atomic E-state index is 0.117. The van der Waals surface area contributed by atoms with Crippen molar-refractivity contribution in [3.05, 3.63) is 29.8 Å².